The van der Waals surface area contributed by atoms with Crippen LogP contribution in [0, 0.1) is 0 Å². The molecule has 2 aliphatic heterocycles. The summed E-state index contributed by atoms with van der Waals surface area (Å²) in [5, 5.41) is 21.4. The van der Waals surface area contributed by atoms with Crippen molar-refractivity contribution in [2.24, 2.45) is 0 Å². The van der Waals surface area contributed by atoms with Gasteiger partial charge in [-0.25, -0.2) is 0 Å². The van der Waals surface area contributed by atoms with Crippen LogP contribution in [0.25, 0.3) is 0 Å². The molecule has 2 saturated heterocycles. The Labute approximate surface area is 105 Å². The summed E-state index contributed by atoms with van der Waals surface area (Å²) >= 11 is 0. The lowest BCUT2D eigenvalue weighted by molar-refractivity contribution is -0.218. The first-order valence-corrected chi connectivity index (χ1v) is 5.91. The number of ether oxygens (including phenoxy) is 3. The third kappa shape index (κ3) is 2.50. The van der Waals surface area contributed by atoms with Gasteiger partial charge >= 0.3 is 0 Å². The van der Waals surface area contributed by atoms with E-state index in [1.807, 2.05) is 0 Å². The van der Waals surface area contributed by atoms with Crippen LogP contribution in [0.5, 0.6) is 0 Å². The van der Waals surface area contributed by atoms with Gasteiger partial charge in [0.1, 0.15) is 18.3 Å². The maximum Gasteiger partial charge on any atom is 0.217 e. The Morgan fingerprint density at radius 2 is 2.11 bits per heavy atom. The molecule has 0 bridgehead atoms. The van der Waals surface area contributed by atoms with Crippen molar-refractivity contribution in [3.8, 4) is 0 Å². The van der Waals surface area contributed by atoms with Gasteiger partial charge in [0.05, 0.1) is 12.6 Å². The lowest BCUT2D eigenvalue weighted by Crippen LogP contribution is -2.52. The summed E-state index contributed by atoms with van der Waals surface area (Å²) in [7, 11) is 0. The van der Waals surface area contributed by atoms with E-state index < -0.39 is 43.0 Å². The summed E-state index contributed by atoms with van der Waals surface area (Å²) in [6.07, 6.45) is -2.98. The molecule has 2 heterocycles. The van der Waals surface area contributed by atoms with E-state index in [0.717, 1.165) is 0 Å². The number of fused-ring (bicyclic) bond motifs is 1. The first-order chi connectivity index (χ1) is 8.34. The van der Waals surface area contributed by atoms with E-state index in [1.54, 1.807) is 13.8 Å². The number of carbonyl (C=O) groups excluding carboxylic acids is 1. The van der Waals surface area contributed by atoms with Gasteiger partial charge in [-0.2, -0.15) is 0 Å². The van der Waals surface area contributed by atoms with E-state index in [1.165, 1.54) is 6.92 Å². The number of rotatable bonds is 3. The van der Waals surface area contributed by atoms with E-state index in [0.29, 0.717) is 0 Å². The van der Waals surface area contributed by atoms with E-state index >= 15 is 0 Å². The molecule has 104 valence electrons. The molecule has 5 atom stereocenters. The van der Waals surface area contributed by atoms with Gasteiger partial charge in [0.25, 0.3) is 0 Å². The number of carbonyl (C=O) groups is 1. The molecule has 0 aromatic carbocycles. The second-order valence-corrected chi connectivity index (χ2v) is 5.05. The highest BCUT2D eigenvalue weighted by Crippen LogP contribution is 2.38. The van der Waals surface area contributed by atoms with E-state index in [9.17, 15) is 9.90 Å². The van der Waals surface area contributed by atoms with Crippen LogP contribution in [0.2, 0.25) is 0 Å². The molecular formula is C11H19NO6. The summed E-state index contributed by atoms with van der Waals surface area (Å²) in [6, 6.07) is -0.545. The van der Waals surface area contributed by atoms with Crippen molar-refractivity contribution < 1.29 is 29.2 Å². The molecule has 0 saturated carbocycles. The molecule has 2 rings (SSSR count). The summed E-state index contributed by atoms with van der Waals surface area (Å²) < 4.78 is 16.7. The van der Waals surface area contributed by atoms with Crippen LogP contribution < -0.4 is 5.32 Å². The van der Waals surface area contributed by atoms with E-state index in [2.05, 4.69) is 5.32 Å². The minimum atomic E-state index is -1.09. The van der Waals surface area contributed by atoms with Crippen molar-refractivity contribution in [1.82, 2.24) is 5.32 Å². The Bertz CT molecular complexity index is 333. The third-order valence-corrected chi connectivity index (χ3v) is 3.02. The number of amides is 1. The summed E-state index contributed by atoms with van der Waals surface area (Å²) in [6.45, 7) is 4.41. The molecule has 1 amide bonds. The number of aliphatic hydroxyl groups is 2. The average molecular weight is 261 g/mol. The van der Waals surface area contributed by atoms with Crippen molar-refractivity contribution in [2.75, 3.05) is 6.61 Å². The number of hydrogen-bond donors (Lipinski definition) is 3. The lowest BCUT2D eigenvalue weighted by Gasteiger charge is -2.28. The maximum absolute atomic E-state index is 11.2. The molecule has 0 spiro atoms. The van der Waals surface area contributed by atoms with Crippen molar-refractivity contribution in [1.29, 1.82) is 0 Å². The fourth-order valence-corrected chi connectivity index (χ4v) is 2.37. The summed E-state index contributed by atoms with van der Waals surface area (Å²) in [5.41, 5.74) is 0. The quantitative estimate of drug-likeness (QED) is 0.585. The monoisotopic (exact) mass is 261 g/mol. The van der Waals surface area contributed by atoms with Gasteiger partial charge in [-0.15, -0.1) is 0 Å². The van der Waals surface area contributed by atoms with Crippen LogP contribution in [0.15, 0.2) is 0 Å². The molecule has 0 radical (unpaired) electrons. The largest absolute Gasteiger partial charge is 0.394 e. The van der Waals surface area contributed by atoms with E-state index in [-0.39, 0.29) is 5.91 Å². The second-order valence-electron chi connectivity index (χ2n) is 5.05. The van der Waals surface area contributed by atoms with Gasteiger partial charge in [-0.3, -0.25) is 4.79 Å². The highest BCUT2D eigenvalue weighted by molar-refractivity contribution is 5.73. The molecule has 0 aromatic rings. The van der Waals surface area contributed by atoms with Crippen LogP contribution in [0.1, 0.15) is 20.8 Å². The Kier molecular flexibility index (Phi) is 3.61. The Balaban J connectivity index is 2.14. The van der Waals surface area contributed by atoms with Gasteiger partial charge in [0.15, 0.2) is 12.1 Å². The van der Waals surface area contributed by atoms with Crippen LogP contribution in [0.3, 0.4) is 0 Å². The van der Waals surface area contributed by atoms with Gasteiger partial charge < -0.3 is 29.7 Å². The Morgan fingerprint density at radius 3 is 2.67 bits per heavy atom. The predicted molar refractivity (Wildman–Crippen MR) is 59.4 cm³/mol. The lowest BCUT2D eigenvalue weighted by atomic mass is 10.0. The van der Waals surface area contributed by atoms with Crippen molar-refractivity contribution in [2.45, 2.75) is 57.2 Å². The predicted octanol–water partition coefficient (Wildman–Crippen LogP) is -1.28. The molecular weight excluding hydrogens is 242 g/mol. The maximum atomic E-state index is 11.2. The topological polar surface area (TPSA) is 97.3 Å². The SMILES string of the molecule is CC(=O)N[C@H]1[C@H]([C@H](O)CO)O[C@@H]2OC(C)(C)O[C@@H]21. The van der Waals surface area contributed by atoms with Crippen LogP contribution in [-0.2, 0) is 19.0 Å². The molecule has 3 N–H and O–H groups in total. The Hall–Kier alpha value is -0.730. The fraction of sp³-hybridized carbons (Fsp3) is 0.909. The first-order valence-electron chi connectivity index (χ1n) is 5.91. The normalized spacial score (nSPS) is 39.4. The van der Waals surface area contributed by atoms with Crippen LogP contribution >= 0.6 is 0 Å². The third-order valence-electron chi connectivity index (χ3n) is 3.02. The molecule has 0 aliphatic carbocycles. The zero-order valence-electron chi connectivity index (χ0n) is 10.6. The smallest absolute Gasteiger partial charge is 0.217 e. The minimum Gasteiger partial charge on any atom is -0.394 e. The molecule has 7 heteroatoms. The Morgan fingerprint density at radius 1 is 1.44 bits per heavy atom. The van der Waals surface area contributed by atoms with E-state index in [4.69, 9.17) is 19.3 Å². The second kappa shape index (κ2) is 4.75. The van der Waals surface area contributed by atoms with Gasteiger partial charge in [-0.05, 0) is 13.8 Å². The molecule has 0 unspecified atom stereocenters. The molecule has 0 aromatic heterocycles. The van der Waals surface area contributed by atoms with Crippen LogP contribution in [0.4, 0.5) is 0 Å². The van der Waals surface area contributed by atoms with Gasteiger partial charge in [-0.1, -0.05) is 0 Å². The number of nitrogens with one attached hydrogen (secondary N) is 1. The van der Waals surface area contributed by atoms with Crippen molar-refractivity contribution >= 4 is 5.91 Å². The molecule has 7 nitrogen and oxygen atoms in total. The standard InChI is InChI=1S/C11H19NO6/c1-5(14)12-7-8(6(15)4-13)16-10-9(7)17-11(2,3)18-10/h6-10,13,15H,4H2,1-3H3,(H,12,14)/t6-,7+,8+,9-,10-/m1/s1. The zero-order chi connectivity index (χ0) is 13.5. The molecule has 2 fully saturated rings. The highest BCUT2D eigenvalue weighted by atomic mass is 16.8. The van der Waals surface area contributed by atoms with Crippen LogP contribution in [-0.4, -0.2) is 59.2 Å². The zero-order valence-corrected chi connectivity index (χ0v) is 10.6. The van der Waals surface area contributed by atoms with Crippen molar-refractivity contribution in [3.63, 3.8) is 0 Å². The minimum absolute atomic E-state index is 0.257. The number of hydrogen-bond acceptors (Lipinski definition) is 6. The first kappa shape index (κ1) is 13.7. The highest BCUT2D eigenvalue weighted by Gasteiger charge is 2.56. The molecule has 2 aliphatic rings. The van der Waals surface area contributed by atoms with Gasteiger partial charge in [0.2, 0.25) is 5.91 Å². The molecule has 18 heavy (non-hydrogen) atoms. The fourth-order valence-electron chi connectivity index (χ4n) is 2.37. The van der Waals surface area contributed by atoms with Gasteiger partial charge in [0, 0.05) is 6.92 Å². The number of aliphatic hydroxyl groups excluding tert-OH is 2. The van der Waals surface area contributed by atoms with Crippen molar-refractivity contribution in [3.05, 3.63) is 0 Å². The summed E-state index contributed by atoms with van der Waals surface area (Å²) in [5.74, 6) is -1.05. The average Bonchev–Trinajstić information content (AvgIpc) is 2.71. The summed E-state index contributed by atoms with van der Waals surface area (Å²) in [4.78, 5) is 11.2.